The van der Waals surface area contributed by atoms with Crippen LogP contribution in [0.1, 0.15) is 65.3 Å². The van der Waals surface area contributed by atoms with Crippen molar-refractivity contribution in [1.29, 1.82) is 0 Å². The molecule has 1 aromatic carbocycles. The average molecular weight is 565 g/mol. The number of nitrogens with one attached hydrogen (secondary N) is 1. The van der Waals surface area contributed by atoms with E-state index in [9.17, 15) is 14.0 Å². The molecule has 1 aromatic heterocycles. The summed E-state index contributed by atoms with van der Waals surface area (Å²) in [5.41, 5.74) is -0.918. The van der Waals surface area contributed by atoms with Gasteiger partial charge < -0.3 is 13.6 Å². The maximum absolute atomic E-state index is 14.1. The lowest BCUT2D eigenvalue weighted by atomic mass is 9.89. The number of benzene rings is 1. The highest BCUT2D eigenvalue weighted by Gasteiger charge is 2.56. The Hall–Kier alpha value is -1.86. The zero-order chi connectivity index (χ0) is 28.9. The van der Waals surface area contributed by atoms with E-state index in [2.05, 4.69) is 72.7 Å². The van der Waals surface area contributed by atoms with Crippen molar-refractivity contribution in [2.45, 2.75) is 109 Å². The topological polar surface area (TPSA) is 82.6 Å². The van der Waals surface area contributed by atoms with E-state index in [0.717, 1.165) is 5.56 Å². The molecule has 0 unspecified atom stereocenters. The van der Waals surface area contributed by atoms with Crippen molar-refractivity contribution in [3.8, 4) is 0 Å². The first-order chi connectivity index (χ1) is 17.2. The molecule has 3 rings (SSSR count). The van der Waals surface area contributed by atoms with Gasteiger partial charge in [-0.3, -0.25) is 14.3 Å². The van der Waals surface area contributed by atoms with Crippen molar-refractivity contribution >= 4 is 16.6 Å². The van der Waals surface area contributed by atoms with E-state index in [1.807, 2.05) is 0 Å². The predicted octanol–water partition coefficient (Wildman–Crippen LogP) is 6.21. The van der Waals surface area contributed by atoms with Gasteiger partial charge in [-0.1, -0.05) is 53.7 Å². The molecule has 0 aliphatic carbocycles. The summed E-state index contributed by atoms with van der Waals surface area (Å²) in [5.74, 6) is -0.349. The number of hydrogen-bond donors (Lipinski definition) is 1. The van der Waals surface area contributed by atoms with Gasteiger partial charge in [0.1, 0.15) is 17.6 Å². The lowest BCUT2D eigenvalue weighted by Gasteiger charge is -2.45. The SMILES string of the molecule is Cc1cn([C@H]2C[C@H](O[Si](C)(C)C(C)(C)C)[C@](CO[Si](C)(C)C(C)(C)C)(c3ccc(F)cc3)O2)c(=O)[nH]c1=O. The van der Waals surface area contributed by atoms with Crippen molar-refractivity contribution in [3.63, 3.8) is 0 Å². The standard InChI is InChI=1S/C28H45FN2O5Si2/c1-19-17-31(25(33)30-24(19)32)23-16-22(36-38(10,11)27(5,6)7)28(35-23,20-12-14-21(29)15-13-20)18-34-37(8,9)26(2,3)4/h12-15,17,22-23H,16,18H2,1-11H3,(H,30,32,33)/t22-,23+,28-/m0/s1. The van der Waals surface area contributed by atoms with Crippen LogP contribution in [0.3, 0.4) is 0 Å². The maximum atomic E-state index is 14.1. The largest absolute Gasteiger partial charge is 0.413 e. The third-order valence-corrected chi connectivity index (χ3v) is 17.7. The molecule has 38 heavy (non-hydrogen) atoms. The highest BCUT2D eigenvalue weighted by atomic mass is 28.4. The van der Waals surface area contributed by atoms with Gasteiger partial charge in [0.05, 0.1) is 12.7 Å². The number of ether oxygens (including phenoxy) is 1. The van der Waals surface area contributed by atoms with Gasteiger partial charge >= 0.3 is 5.69 Å². The van der Waals surface area contributed by atoms with Crippen LogP contribution in [0.4, 0.5) is 4.39 Å². The number of rotatable bonds is 7. The van der Waals surface area contributed by atoms with Crippen LogP contribution in [0.25, 0.3) is 0 Å². The van der Waals surface area contributed by atoms with Crippen molar-refractivity contribution < 1.29 is 18.0 Å². The van der Waals surface area contributed by atoms with E-state index >= 15 is 0 Å². The van der Waals surface area contributed by atoms with Crippen LogP contribution in [-0.4, -0.2) is 38.9 Å². The minimum absolute atomic E-state index is 0.0439. The summed E-state index contributed by atoms with van der Waals surface area (Å²) in [5, 5.41) is -0.122. The lowest BCUT2D eigenvalue weighted by molar-refractivity contribution is -0.129. The molecular formula is C28H45FN2O5Si2. The van der Waals surface area contributed by atoms with Crippen LogP contribution in [0.15, 0.2) is 40.1 Å². The molecule has 1 aliphatic rings. The van der Waals surface area contributed by atoms with Crippen LogP contribution in [0.2, 0.25) is 36.3 Å². The van der Waals surface area contributed by atoms with Gasteiger partial charge in [0, 0.05) is 18.2 Å². The summed E-state index contributed by atoms with van der Waals surface area (Å²) >= 11 is 0. The first-order valence-corrected chi connectivity index (χ1v) is 19.1. The summed E-state index contributed by atoms with van der Waals surface area (Å²) in [6, 6.07) is 6.27. The molecule has 1 saturated heterocycles. The molecule has 1 aliphatic heterocycles. The normalized spacial score (nSPS) is 23.2. The number of H-pyrrole nitrogens is 1. The van der Waals surface area contributed by atoms with Crippen LogP contribution in [0, 0.1) is 12.7 Å². The van der Waals surface area contributed by atoms with Gasteiger partial charge in [0.25, 0.3) is 5.56 Å². The quantitative estimate of drug-likeness (QED) is 0.404. The fraction of sp³-hybridized carbons (Fsp3) is 0.643. The van der Waals surface area contributed by atoms with E-state index in [4.69, 9.17) is 13.6 Å². The molecule has 1 fully saturated rings. The van der Waals surface area contributed by atoms with Gasteiger partial charge in [-0.2, -0.15) is 0 Å². The third-order valence-electron chi connectivity index (χ3n) is 8.77. The van der Waals surface area contributed by atoms with Gasteiger partial charge in [-0.15, -0.1) is 0 Å². The summed E-state index contributed by atoms with van der Waals surface area (Å²) in [4.78, 5) is 27.4. The fourth-order valence-corrected chi connectivity index (χ4v) is 6.45. The number of aryl methyl sites for hydroxylation is 1. The Bertz CT molecular complexity index is 1260. The Labute approximate surface area is 228 Å². The van der Waals surface area contributed by atoms with Crippen LogP contribution < -0.4 is 11.2 Å². The monoisotopic (exact) mass is 564 g/mol. The number of halogens is 1. The molecule has 3 atom stereocenters. The molecular weight excluding hydrogens is 519 g/mol. The zero-order valence-corrected chi connectivity index (χ0v) is 26.8. The second kappa shape index (κ2) is 10.3. The molecule has 0 saturated carbocycles. The third kappa shape index (κ3) is 5.99. The molecule has 0 amide bonds. The Morgan fingerprint density at radius 2 is 1.58 bits per heavy atom. The molecule has 212 valence electrons. The Balaban J connectivity index is 2.20. The van der Waals surface area contributed by atoms with Crippen LogP contribution in [-0.2, 0) is 19.2 Å². The van der Waals surface area contributed by atoms with E-state index in [0.29, 0.717) is 12.0 Å². The van der Waals surface area contributed by atoms with Crippen LogP contribution >= 0.6 is 0 Å². The molecule has 2 heterocycles. The Morgan fingerprint density at radius 1 is 1.03 bits per heavy atom. The molecule has 10 heteroatoms. The van der Waals surface area contributed by atoms with Crippen LogP contribution in [0.5, 0.6) is 0 Å². The summed E-state index contributed by atoms with van der Waals surface area (Å²) in [6.45, 7) is 23.6. The molecule has 0 spiro atoms. The van der Waals surface area contributed by atoms with Gasteiger partial charge in [0.2, 0.25) is 0 Å². The maximum Gasteiger partial charge on any atom is 0.330 e. The number of aromatic nitrogens is 2. The first kappa shape index (κ1) is 30.7. The van der Waals surface area contributed by atoms with Gasteiger partial charge in [0.15, 0.2) is 16.6 Å². The summed E-state index contributed by atoms with van der Waals surface area (Å²) < 4.78 is 36.1. The smallest absolute Gasteiger partial charge is 0.330 e. The highest BCUT2D eigenvalue weighted by molar-refractivity contribution is 6.74. The molecule has 7 nitrogen and oxygen atoms in total. The zero-order valence-electron chi connectivity index (χ0n) is 24.8. The van der Waals surface area contributed by atoms with E-state index < -0.39 is 45.8 Å². The Morgan fingerprint density at radius 3 is 2.11 bits per heavy atom. The second-order valence-corrected chi connectivity index (χ2v) is 23.2. The highest BCUT2D eigenvalue weighted by Crippen LogP contribution is 2.50. The summed E-state index contributed by atoms with van der Waals surface area (Å²) in [7, 11) is -4.55. The lowest BCUT2D eigenvalue weighted by Crippen LogP contribution is -2.53. The molecule has 1 N–H and O–H groups in total. The molecule has 2 aromatic rings. The van der Waals surface area contributed by atoms with Gasteiger partial charge in [-0.05, 0) is 60.9 Å². The Kier molecular flexibility index (Phi) is 8.30. The minimum Gasteiger partial charge on any atom is -0.413 e. The number of aromatic amines is 1. The molecule has 0 radical (unpaired) electrons. The average Bonchev–Trinajstić information content (AvgIpc) is 3.12. The molecule has 0 bridgehead atoms. The second-order valence-electron chi connectivity index (χ2n) is 13.6. The van der Waals surface area contributed by atoms with E-state index in [1.54, 1.807) is 19.1 Å². The van der Waals surface area contributed by atoms with Crippen molar-refractivity contribution in [3.05, 3.63) is 68.2 Å². The van der Waals surface area contributed by atoms with Crippen molar-refractivity contribution in [2.75, 3.05) is 6.61 Å². The van der Waals surface area contributed by atoms with E-state index in [1.165, 1.54) is 22.9 Å². The predicted molar refractivity (Wildman–Crippen MR) is 154 cm³/mol. The number of hydrogen-bond acceptors (Lipinski definition) is 5. The number of nitrogens with zero attached hydrogens (tertiary/aromatic N) is 1. The van der Waals surface area contributed by atoms with Crippen molar-refractivity contribution in [1.82, 2.24) is 9.55 Å². The first-order valence-electron chi connectivity index (χ1n) is 13.3. The van der Waals surface area contributed by atoms with Crippen molar-refractivity contribution in [2.24, 2.45) is 0 Å². The summed E-state index contributed by atoms with van der Waals surface area (Å²) in [6.07, 6.45) is 0.726. The minimum atomic E-state index is -2.32. The van der Waals surface area contributed by atoms with E-state index in [-0.39, 0.29) is 22.5 Å². The van der Waals surface area contributed by atoms with Gasteiger partial charge in [-0.25, -0.2) is 9.18 Å². The fourth-order valence-electron chi connectivity index (χ4n) is 4.09.